The number of nitrogens with zero attached hydrogens (tertiary/aromatic N) is 2. The highest BCUT2D eigenvalue weighted by atomic mass is 79.9. The number of halogens is 4. The molecule has 0 N–H and O–H groups in total. The van der Waals surface area contributed by atoms with Crippen LogP contribution in [0.3, 0.4) is 0 Å². The van der Waals surface area contributed by atoms with Crippen molar-refractivity contribution in [2.45, 2.75) is 6.92 Å². The first-order valence-corrected chi connectivity index (χ1v) is 6.19. The lowest BCUT2D eigenvalue weighted by Crippen LogP contribution is -1.97. The highest BCUT2D eigenvalue weighted by Gasteiger charge is 2.13. The van der Waals surface area contributed by atoms with Crippen molar-refractivity contribution in [2.24, 2.45) is 0 Å². The third kappa shape index (κ3) is 2.59. The molecule has 0 aliphatic heterocycles. The summed E-state index contributed by atoms with van der Waals surface area (Å²) in [5, 5.41) is 0.403. The molecule has 2 rings (SSSR count). The molecule has 0 spiro atoms. The Labute approximate surface area is 116 Å². The Kier molecular flexibility index (Phi) is 3.66. The van der Waals surface area contributed by atoms with E-state index in [9.17, 15) is 4.39 Å². The summed E-state index contributed by atoms with van der Waals surface area (Å²) >= 11 is 14.9. The maximum Gasteiger partial charge on any atom is 0.181 e. The van der Waals surface area contributed by atoms with Crippen LogP contribution in [0.5, 0.6) is 0 Å². The summed E-state index contributed by atoms with van der Waals surface area (Å²) in [6.45, 7) is 1.54. The third-order valence-corrected chi connectivity index (χ3v) is 3.29. The topological polar surface area (TPSA) is 25.8 Å². The first-order chi connectivity index (χ1) is 7.99. The molecule has 0 amide bonds. The molecule has 0 bridgehead atoms. The van der Waals surface area contributed by atoms with E-state index in [0.29, 0.717) is 16.4 Å². The number of aromatic nitrogens is 2. The normalized spacial score (nSPS) is 10.6. The molecule has 0 aliphatic carbocycles. The lowest BCUT2D eigenvalue weighted by atomic mass is 10.2. The average molecular weight is 336 g/mol. The Bertz CT molecular complexity index is 567. The molecule has 0 saturated carbocycles. The smallest absolute Gasteiger partial charge is 0.181 e. The van der Waals surface area contributed by atoms with Gasteiger partial charge in [-0.25, -0.2) is 14.4 Å². The van der Waals surface area contributed by atoms with Gasteiger partial charge in [-0.1, -0.05) is 23.2 Å². The average Bonchev–Trinajstić information content (AvgIpc) is 2.25. The van der Waals surface area contributed by atoms with Gasteiger partial charge in [0, 0.05) is 15.1 Å². The zero-order chi connectivity index (χ0) is 12.6. The molecule has 1 aromatic carbocycles. The molecule has 1 heterocycles. The van der Waals surface area contributed by atoms with Crippen LogP contribution < -0.4 is 0 Å². The van der Waals surface area contributed by atoms with Crippen LogP contribution in [0.4, 0.5) is 4.39 Å². The van der Waals surface area contributed by atoms with E-state index in [4.69, 9.17) is 23.2 Å². The second-order valence-corrected chi connectivity index (χ2v) is 5.01. The summed E-state index contributed by atoms with van der Waals surface area (Å²) in [5.41, 5.74) is 0.918. The van der Waals surface area contributed by atoms with Gasteiger partial charge in [-0.3, -0.25) is 0 Å². The predicted molar refractivity (Wildman–Crippen MR) is 69.9 cm³/mol. The van der Waals surface area contributed by atoms with Crippen molar-refractivity contribution < 1.29 is 4.39 Å². The molecular formula is C11H6BrCl2FN2. The molecule has 0 atom stereocenters. The van der Waals surface area contributed by atoms with Crippen molar-refractivity contribution in [3.8, 4) is 11.4 Å². The van der Waals surface area contributed by atoms with E-state index in [1.165, 1.54) is 6.92 Å². The van der Waals surface area contributed by atoms with Crippen molar-refractivity contribution in [1.29, 1.82) is 0 Å². The van der Waals surface area contributed by atoms with Gasteiger partial charge in [-0.2, -0.15) is 0 Å². The maximum absolute atomic E-state index is 13.3. The zero-order valence-corrected chi connectivity index (χ0v) is 11.7. The van der Waals surface area contributed by atoms with Crippen LogP contribution in [0.1, 0.15) is 5.69 Å². The van der Waals surface area contributed by atoms with E-state index in [1.807, 2.05) is 0 Å². The first kappa shape index (κ1) is 12.7. The first-order valence-electron chi connectivity index (χ1n) is 4.64. The number of rotatable bonds is 1. The molecule has 2 aromatic rings. The van der Waals surface area contributed by atoms with E-state index in [-0.39, 0.29) is 10.8 Å². The molecular weight excluding hydrogens is 330 g/mol. The van der Waals surface area contributed by atoms with Crippen LogP contribution in [-0.4, -0.2) is 9.97 Å². The molecule has 0 radical (unpaired) electrons. The fraction of sp³-hybridized carbons (Fsp3) is 0.0909. The maximum atomic E-state index is 13.3. The lowest BCUT2D eigenvalue weighted by molar-refractivity contribution is 0.603. The summed E-state index contributed by atoms with van der Waals surface area (Å²) in [5.74, 6) is -0.238. The van der Waals surface area contributed by atoms with Crippen molar-refractivity contribution in [2.75, 3.05) is 0 Å². The SMILES string of the molecule is Cc1nc(-c2ccc(Cl)cc2Br)nc(Cl)c1F. The second-order valence-electron chi connectivity index (χ2n) is 3.36. The minimum Gasteiger partial charge on any atom is -0.230 e. The van der Waals surface area contributed by atoms with Gasteiger partial charge in [-0.05, 0) is 41.1 Å². The second kappa shape index (κ2) is 4.88. The minimum absolute atomic E-state index is 0.186. The Hall–Kier alpha value is -0.710. The zero-order valence-electron chi connectivity index (χ0n) is 8.64. The van der Waals surface area contributed by atoms with Gasteiger partial charge in [0.2, 0.25) is 0 Å². The fourth-order valence-electron chi connectivity index (χ4n) is 1.32. The van der Waals surface area contributed by atoms with Crippen molar-refractivity contribution >= 4 is 39.1 Å². The molecule has 0 saturated heterocycles. The molecule has 0 fully saturated rings. The van der Waals surface area contributed by atoms with Crippen molar-refractivity contribution in [3.05, 3.63) is 44.4 Å². The van der Waals surface area contributed by atoms with E-state index >= 15 is 0 Å². The Morgan fingerprint density at radius 2 is 1.94 bits per heavy atom. The number of hydrogen-bond acceptors (Lipinski definition) is 2. The minimum atomic E-state index is -0.597. The van der Waals surface area contributed by atoms with Gasteiger partial charge in [0.1, 0.15) is 0 Å². The van der Waals surface area contributed by atoms with Crippen molar-refractivity contribution in [3.63, 3.8) is 0 Å². The molecule has 6 heteroatoms. The van der Waals surface area contributed by atoms with Crippen LogP contribution in [0.2, 0.25) is 10.2 Å². The molecule has 17 heavy (non-hydrogen) atoms. The van der Waals surface area contributed by atoms with Crippen LogP contribution in [0.25, 0.3) is 11.4 Å². The summed E-state index contributed by atoms with van der Waals surface area (Å²) in [6.07, 6.45) is 0. The molecule has 0 unspecified atom stereocenters. The standard InChI is InChI=1S/C11H6BrCl2FN2/c1-5-9(15)10(14)17-11(16-5)7-3-2-6(13)4-8(7)12/h2-4H,1H3. The quantitative estimate of drug-likeness (QED) is 0.708. The highest BCUT2D eigenvalue weighted by molar-refractivity contribution is 9.10. The van der Waals surface area contributed by atoms with Gasteiger partial charge in [0.15, 0.2) is 16.8 Å². The monoisotopic (exact) mass is 334 g/mol. The van der Waals surface area contributed by atoms with Gasteiger partial charge in [0.25, 0.3) is 0 Å². The fourth-order valence-corrected chi connectivity index (χ4v) is 2.39. The van der Waals surface area contributed by atoms with Crippen molar-refractivity contribution in [1.82, 2.24) is 9.97 Å². The lowest BCUT2D eigenvalue weighted by Gasteiger charge is -2.06. The van der Waals surface area contributed by atoms with E-state index in [1.54, 1.807) is 18.2 Å². The molecule has 88 valence electrons. The molecule has 0 aliphatic rings. The van der Waals surface area contributed by atoms with E-state index < -0.39 is 5.82 Å². The van der Waals surface area contributed by atoms with Gasteiger partial charge < -0.3 is 0 Å². The Balaban J connectivity index is 2.61. The largest absolute Gasteiger partial charge is 0.230 e. The van der Waals surface area contributed by atoms with Gasteiger partial charge in [0.05, 0.1) is 5.69 Å². The summed E-state index contributed by atoms with van der Waals surface area (Å²) in [6, 6.07) is 5.17. The van der Waals surface area contributed by atoms with E-state index in [0.717, 1.165) is 4.47 Å². The predicted octanol–water partition coefficient (Wildman–Crippen LogP) is 4.66. The summed E-state index contributed by atoms with van der Waals surface area (Å²) < 4.78 is 14.0. The van der Waals surface area contributed by atoms with Crippen LogP contribution in [0.15, 0.2) is 22.7 Å². The molecule has 2 nitrogen and oxygen atoms in total. The van der Waals surface area contributed by atoms with Crippen LogP contribution in [0, 0.1) is 12.7 Å². The van der Waals surface area contributed by atoms with Gasteiger partial charge in [-0.15, -0.1) is 0 Å². The third-order valence-electron chi connectivity index (χ3n) is 2.15. The number of aryl methyl sites for hydroxylation is 1. The highest BCUT2D eigenvalue weighted by Crippen LogP contribution is 2.29. The Morgan fingerprint density at radius 3 is 2.53 bits per heavy atom. The number of hydrogen-bond donors (Lipinski definition) is 0. The number of benzene rings is 1. The molecule has 1 aromatic heterocycles. The van der Waals surface area contributed by atoms with Crippen LogP contribution in [-0.2, 0) is 0 Å². The Morgan fingerprint density at radius 1 is 1.24 bits per heavy atom. The summed E-state index contributed by atoms with van der Waals surface area (Å²) in [7, 11) is 0. The van der Waals surface area contributed by atoms with Crippen LogP contribution >= 0.6 is 39.1 Å². The van der Waals surface area contributed by atoms with E-state index in [2.05, 4.69) is 25.9 Å². The van der Waals surface area contributed by atoms with Gasteiger partial charge >= 0.3 is 0 Å². The summed E-state index contributed by atoms with van der Waals surface area (Å²) in [4.78, 5) is 7.95.